The zero-order valence-electron chi connectivity index (χ0n) is 23.3. The number of carbonyl (C=O) groups is 4. The first-order chi connectivity index (χ1) is 20.0. The lowest BCUT2D eigenvalue weighted by molar-refractivity contribution is -0.138. The van der Waals surface area contributed by atoms with Crippen LogP contribution >= 0.6 is 0 Å². The molecule has 5 rings (SSSR count). The highest BCUT2D eigenvalue weighted by atomic mass is 16.2. The van der Waals surface area contributed by atoms with Crippen molar-refractivity contribution >= 4 is 34.8 Å². The van der Waals surface area contributed by atoms with Gasteiger partial charge in [0.25, 0.3) is 0 Å². The number of fused-ring (bicyclic) bond motifs is 1. The summed E-state index contributed by atoms with van der Waals surface area (Å²) < 4.78 is 0. The van der Waals surface area contributed by atoms with Gasteiger partial charge in [0.1, 0.15) is 12.3 Å². The van der Waals surface area contributed by atoms with Crippen molar-refractivity contribution < 1.29 is 19.2 Å². The summed E-state index contributed by atoms with van der Waals surface area (Å²) in [5, 5.41) is 11.4. The van der Waals surface area contributed by atoms with E-state index < -0.39 is 18.1 Å². The lowest BCUT2D eigenvalue weighted by atomic mass is 9.97. The van der Waals surface area contributed by atoms with E-state index in [2.05, 4.69) is 16.0 Å². The molecule has 4 atom stereocenters. The Morgan fingerprint density at radius 1 is 0.902 bits per heavy atom. The fourth-order valence-corrected chi connectivity index (χ4v) is 6.06. The summed E-state index contributed by atoms with van der Waals surface area (Å²) in [5.74, 6) is -0.670. The highest BCUT2D eigenvalue weighted by Gasteiger charge is 2.34. The van der Waals surface area contributed by atoms with Crippen molar-refractivity contribution in [2.24, 2.45) is 0 Å². The van der Waals surface area contributed by atoms with Crippen LogP contribution in [0.15, 0.2) is 72.8 Å². The van der Waals surface area contributed by atoms with Gasteiger partial charge in [0.05, 0.1) is 12.1 Å². The maximum Gasteiger partial charge on any atom is 0.246 e. The molecule has 3 N–H and O–H groups in total. The van der Waals surface area contributed by atoms with Gasteiger partial charge in [0.2, 0.25) is 17.7 Å². The number of nitrogens with one attached hydrogen (secondary N) is 3. The topological polar surface area (TPSA) is 108 Å². The maximum absolute atomic E-state index is 13.8. The van der Waals surface area contributed by atoms with E-state index >= 15 is 0 Å². The standard InChI is InChI=1S/C33H38N4O4/c38-22-27-14-8-18-37(27)33(41)30(20-25-13-6-12-24-11-4-5-15-28(24)25)36-31(39)21-26(19-23-9-2-1-3-10-23)35-32(40)29-16-7-17-34-29/h1-6,9-13,15,22,26-27,29-30,34H,7-8,14,16-21H2,(H,35,40)(H,36,39)/t26-,27-,29-,30-/m0/s1. The van der Waals surface area contributed by atoms with E-state index in [9.17, 15) is 19.2 Å². The Morgan fingerprint density at radius 3 is 2.46 bits per heavy atom. The molecule has 2 heterocycles. The van der Waals surface area contributed by atoms with E-state index in [1.54, 1.807) is 4.90 Å². The highest BCUT2D eigenvalue weighted by Crippen LogP contribution is 2.23. The smallest absolute Gasteiger partial charge is 0.246 e. The average Bonchev–Trinajstić information content (AvgIpc) is 3.70. The van der Waals surface area contributed by atoms with Crippen molar-refractivity contribution in [3.8, 4) is 0 Å². The number of hydrogen-bond acceptors (Lipinski definition) is 5. The van der Waals surface area contributed by atoms with Gasteiger partial charge in [-0.25, -0.2) is 0 Å². The summed E-state index contributed by atoms with van der Waals surface area (Å²) in [5.41, 5.74) is 1.96. The van der Waals surface area contributed by atoms with Gasteiger partial charge >= 0.3 is 0 Å². The van der Waals surface area contributed by atoms with Gasteiger partial charge in [-0.2, -0.15) is 0 Å². The van der Waals surface area contributed by atoms with Crippen LogP contribution in [0.25, 0.3) is 10.8 Å². The van der Waals surface area contributed by atoms with Crippen LogP contribution in [-0.2, 0) is 32.0 Å². The molecule has 8 nitrogen and oxygen atoms in total. The molecule has 0 saturated carbocycles. The lowest BCUT2D eigenvalue weighted by Crippen LogP contribution is -2.53. The van der Waals surface area contributed by atoms with Crippen LogP contribution in [0, 0.1) is 0 Å². The van der Waals surface area contributed by atoms with Gasteiger partial charge < -0.3 is 25.6 Å². The Hall–Kier alpha value is -4.04. The molecule has 3 aromatic rings. The van der Waals surface area contributed by atoms with E-state index in [1.165, 1.54) is 0 Å². The molecule has 2 aliphatic heterocycles. The van der Waals surface area contributed by atoms with Crippen molar-refractivity contribution in [1.82, 2.24) is 20.9 Å². The van der Waals surface area contributed by atoms with Gasteiger partial charge in [-0.15, -0.1) is 0 Å². The number of likely N-dealkylation sites (tertiary alicyclic amines) is 1. The number of carbonyl (C=O) groups excluding carboxylic acids is 4. The van der Waals surface area contributed by atoms with Crippen molar-refractivity contribution in [1.29, 1.82) is 0 Å². The number of aldehydes is 1. The van der Waals surface area contributed by atoms with Gasteiger partial charge in [-0.1, -0.05) is 72.8 Å². The Kier molecular flexibility index (Phi) is 9.41. The van der Waals surface area contributed by atoms with Crippen LogP contribution < -0.4 is 16.0 Å². The first kappa shape index (κ1) is 28.5. The zero-order chi connectivity index (χ0) is 28.6. The molecule has 0 radical (unpaired) electrons. The molecule has 0 unspecified atom stereocenters. The van der Waals surface area contributed by atoms with E-state index in [0.717, 1.165) is 54.0 Å². The largest absolute Gasteiger partial charge is 0.351 e. The Morgan fingerprint density at radius 2 is 1.68 bits per heavy atom. The lowest BCUT2D eigenvalue weighted by Gasteiger charge is -2.28. The van der Waals surface area contributed by atoms with Gasteiger partial charge in [0.15, 0.2) is 0 Å². The third kappa shape index (κ3) is 7.19. The fourth-order valence-electron chi connectivity index (χ4n) is 6.06. The second-order valence-corrected chi connectivity index (χ2v) is 11.1. The summed E-state index contributed by atoms with van der Waals surface area (Å²) in [6.45, 7) is 1.30. The summed E-state index contributed by atoms with van der Waals surface area (Å²) in [6, 6.07) is 21.7. The number of hydrogen-bond donors (Lipinski definition) is 3. The van der Waals surface area contributed by atoms with E-state index in [4.69, 9.17) is 0 Å². The molecule has 8 heteroatoms. The normalized spacial score (nSPS) is 20.0. The van der Waals surface area contributed by atoms with Crippen LogP contribution in [-0.4, -0.2) is 66.2 Å². The van der Waals surface area contributed by atoms with Crippen LogP contribution in [0.1, 0.15) is 43.2 Å². The molecule has 2 fully saturated rings. The molecule has 3 amide bonds. The van der Waals surface area contributed by atoms with Crippen LogP contribution in [0.5, 0.6) is 0 Å². The summed E-state index contributed by atoms with van der Waals surface area (Å²) >= 11 is 0. The molecule has 0 bridgehead atoms. The van der Waals surface area contributed by atoms with Gasteiger partial charge in [-0.3, -0.25) is 14.4 Å². The first-order valence-electron chi connectivity index (χ1n) is 14.6. The second kappa shape index (κ2) is 13.5. The molecule has 2 saturated heterocycles. The monoisotopic (exact) mass is 554 g/mol. The number of rotatable bonds is 11. The minimum absolute atomic E-state index is 0.0315. The molecular formula is C33H38N4O4. The Bertz CT molecular complexity index is 1370. The predicted octanol–water partition coefficient (Wildman–Crippen LogP) is 2.93. The second-order valence-electron chi connectivity index (χ2n) is 11.1. The maximum atomic E-state index is 13.8. The number of benzene rings is 3. The van der Waals surface area contributed by atoms with Crippen LogP contribution in [0.2, 0.25) is 0 Å². The Balaban J connectivity index is 1.35. The molecule has 2 aliphatic rings. The van der Waals surface area contributed by atoms with Crippen molar-refractivity contribution in [2.45, 2.75) is 69.1 Å². The van der Waals surface area contributed by atoms with Crippen LogP contribution in [0.4, 0.5) is 0 Å². The fraction of sp³-hybridized carbons (Fsp3) is 0.394. The third-order valence-corrected chi connectivity index (χ3v) is 8.16. The minimum atomic E-state index is -0.835. The molecule has 214 valence electrons. The third-order valence-electron chi connectivity index (χ3n) is 8.16. The van der Waals surface area contributed by atoms with Crippen LogP contribution in [0.3, 0.4) is 0 Å². The number of amides is 3. The molecule has 0 spiro atoms. The first-order valence-corrected chi connectivity index (χ1v) is 14.6. The molecule has 41 heavy (non-hydrogen) atoms. The molecule has 0 aromatic heterocycles. The zero-order valence-corrected chi connectivity index (χ0v) is 23.3. The summed E-state index contributed by atoms with van der Waals surface area (Å²) in [6.07, 6.45) is 4.75. The predicted molar refractivity (Wildman–Crippen MR) is 158 cm³/mol. The van der Waals surface area contributed by atoms with E-state index in [0.29, 0.717) is 25.8 Å². The van der Waals surface area contributed by atoms with Gasteiger partial charge in [0, 0.05) is 25.4 Å². The average molecular weight is 555 g/mol. The molecular weight excluding hydrogens is 516 g/mol. The summed E-state index contributed by atoms with van der Waals surface area (Å²) in [4.78, 5) is 53.6. The van der Waals surface area contributed by atoms with Crippen molar-refractivity contribution in [3.05, 3.63) is 83.9 Å². The summed E-state index contributed by atoms with van der Waals surface area (Å²) in [7, 11) is 0. The van der Waals surface area contributed by atoms with E-state index in [-0.39, 0.29) is 30.2 Å². The highest BCUT2D eigenvalue weighted by molar-refractivity contribution is 5.92. The SMILES string of the molecule is O=C[C@@H]1CCCN1C(=O)[C@H](Cc1cccc2ccccc12)NC(=O)C[C@H](Cc1ccccc1)NC(=O)[C@@H]1CCCN1. The number of nitrogens with zero attached hydrogens (tertiary/aromatic N) is 1. The molecule has 3 aromatic carbocycles. The quantitative estimate of drug-likeness (QED) is 0.316. The van der Waals surface area contributed by atoms with Crippen molar-refractivity contribution in [3.63, 3.8) is 0 Å². The van der Waals surface area contributed by atoms with Crippen molar-refractivity contribution in [2.75, 3.05) is 13.1 Å². The Labute approximate surface area is 240 Å². The van der Waals surface area contributed by atoms with E-state index in [1.807, 2.05) is 72.8 Å². The molecule has 0 aliphatic carbocycles. The van der Waals surface area contributed by atoms with Gasteiger partial charge in [-0.05, 0) is 60.5 Å². The minimum Gasteiger partial charge on any atom is -0.351 e.